The van der Waals surface area contributed by atoms with Crippen molar-refractivity contribution in [3.05, 3.63) is 0 Å². The van der Waals surface area contributed by atoms with E-state index in [1.165, 1.54) is 11.8 Å². The topological polar surface area (TPSA) is 199 Å². The van der Waals surface area contributed by atoms with E-state index in [9.17, 15) is 34.2 Å². The van der Waals surface area contributed by atoms with Crippen LogP contribution in [0.1, 0.15) is 25.7 Å². The van der Waals surface area contributed by atoms with Crippen LogP contribution in [-0.2, 0) is 24.0 Å². The highest BCUT2D eigenvalue weighted by molar-refractivity contribution is 7.98. The number of carbonyl (C=O) groups is 5. The van der Waals surface area contributed by atoms with Gasteiger partial charge in [-0.05, 0) is 31.3 Å². The molecule has 13 heteroatoms. The maximum absolute atomic E-state index is 12.6. The van der Waals surface area contributed by atoms with Crippen molar-refractivity contribution in [1.82, 2.24) is 15.5 Å². The summed E-state index contributed by atoms with van der Waals surface area (Å²) in [6, 6.07) is -4.85. The summed E-state index contributed by atoms with van der Waals surface area (Å²) in [5.74, 6) is -4.26. The van der Waals surface area contributed by atoms with Gasteiger partial charge >= 0.3 is 11.9 Å². The predicted octanol–water partition coefficient (Wildman–Crippen LogP) is -2.42. The van der Waals surface area contributed by atoms with Crippen LogP contribution in [0.3, 0.4) is 0 Å². The van der Waals surface area contributed by atoms with Gasteiger partial charge in [-0.25, -0.2) is 4.79 Å². The molecule has 1 heterocycles. The van der Waals surface area contributed by atoms with Crippen LogP contribution in [0.5, 0.6) is 0 Å². The number of rotatable bonds is 12. The molecule has 1 aliphatic rings. The maximum atomic E-state index is 12.6. The van der Waals surface area contributed by atoms with E-state index in [0.29, 0.717) is 12.2 Å². The number of aliphatic hydroxyl groups excluding tert-OH is 1. The Morgan fingerprint density at radius 3 is 2.37 bits per heavy atom. The third-order valence-corrected chi connectivity index (χ3v) is 5.23. The summed E-state index contributed by atoms with van der Waals surface area (Å²) in [5, 5.41) is 32.1. The Kier molecular flexibility index (Phi) is 10.6. The van der Waals surface area contributed by atoms with Gasteiger partial charge in [-0.2, -0.15) is 11.8 Å². The van der Waals surface area contributed by atoms with Crippen molar-refractivity contribution >= 4 is 41.4 Å². The summed E-state index contributed by atoms with van der Waals surface area (Å²) in [6.45, 7) is -0.568. The van der Waals surface area contributed by atoms with Crippen LogP contribution in [0.25, 0.3) is 0 Å². The van der Waals surface area contributed by atoms with E-state index in [1.54, 1.807) is 6.26 Å². The molecule has 4 unspecified atom stereocenters. The van der Waals surface area contributed by atoms with E-state index in [0.717, 1.165) is 4.90 Å². The van der Waals surface area contributed by atoms with Gasteiger partial charge < -0.3 is 36.6 Å². The monoisotopic (exact) mass is 448 g/mol. The first kappa shape index (κ1) is 25.7. The smallest absolute Gasteiger partial charge is 0.326 e. The minimum absolute atomic E-state index is 0.167. The molecular weight excluding hydrogens is 420 g/mol. The first-order valence-corrected chi connectivity index (χ1v) is 10.7. The number of carboxylic acids is 2. The first-order valence-electron chi connectivity index (χ1n) is 9.33. The molecule has 1 saturated heterocycles. The van der Waals surface area contributed by atoms with Crippen LogP contribution in [0.4, 0.5) is 0 Å². The number of thioether (sulfide) groups is 1. The minimum Gasteiger partial charge on any atom is -0.481 e. The summed E-state index contributed by atoms with van der Waals surface area (Å²) >= 11 is 1.41. The molecule has 30 heavy (non-hydrogen) atoms. The second kappa shape index (κ2) is 12.3. The SMILES string of the molecule is CSCCC(NC(=O)C(CO)NC(=O)C1CCCN1C(=O)C(N)CC(=O)O)C(=O)O. The van der Waals surface area contributed by atoms with Gasteiger partial charge in [0.15, 0.2) is 0 Å². The van der Waals surface area contributed by atoms with Crippen molar-refractivity contribution in [2.75, 3.05) is 25.2 Å². The van der Waals surface area contributed by atoms with Crippen LogP contribution in [0.2, 0.25) is 0 Å². The number of nitrogens with zero attached hydrogens (tertiary/aromatic N) is 1. The van der Waals surface area contributed by atoms with E-state index >= 15 is 0 Å². The molecule has 0 aromatic rings. The third-order valence-electron chi connectivity index (χ3n) is 4.59. The lowest BCUT2D eigenvalue weighted by atomic mass is 10.1. The van der Waals surface area contributed by atoms with E-state index < -0.39 is 66.9 Å². The molecule has 3 amide bonds. The van der Waals surface area contributed by atoms with E-state index in [2.05, 4.69) is 10.6 Å². The van der Waals surface area contributed by atoms with Gasteiger partial charge in [-0.15, -0.1) is 0 Å². The number of carboxylic acid groups (broad SMARTS) is 2. The minimum atomic E-state index is -1.40. The number of likely N-dealkylation sites (tertiary alicyclic amines) is 1. The number of nitrogens with one attached hydrogen (secondary N) is 2. The van der Waals surface area contributed by atoms with Crippen LogP contribution in [0, 0.1) is 0 Å². The molecular formula is C17H28N4O8S. The molecule has 1 fully saturated rings. The van der Waals surface area contributed by atoms with Gasteiger partial charge in [-0.3, -0.25) is 19.2 Å². The first-order chi connectivity index (χ1) is 14.1. The second-order valence-corrected chi connectivity index (χ2v) is 7.80. The Balaban J connectivity index is 2.76. The number of aliphatic carboxylic acids is 2. The highest BCUT2D eigenvalue weighted by Crippen LogP contribution is 2.19. The van der Waals surface area contributed by atoms with Crippen molar-refractivity contribution in [1.29, 1.82) is 0 Å². The average molecular weight is 448 g/mol. The molecule has 1 rings (SSSR count). The van der Waals surface area contributed by atoms with Crippen molar-refractivity contribution in [3.63, 3.8) is 0 Å². The van der Waals surface area contributed by atoms with E-state index in [-0.39, 0.29) is 19.4 Å². The van der Waals surface area contributed by atoms with Crippen LogP contribution in [-0.4, -0.2) is 99.2 Å². The van der Waals surface area contributed by atoms with Gasteiger partial charge in [0.2, 0.25) is 17.7 Å². The zero-order valence-corrected chi connectivity index (χ0v) is 17.4. The molecule has 0 aliphatic carbocycles. The quantitative estimate of drug-likeness (QED) is 0.187. The third kappa shape index (κ3) is 7.46. The Morgan fingerprint density at radius 2 is 1.83 bits per heavy atom. The second-order valence-electron chi connectivity index (χ2n) is 6.82. The fourth-order valence-electron chi connectivity index (χ4n) is 3.02. The largest absolute Gasteiger partial charge is 0.481 e. The standard InChI is InChI=1S/C17H28N4O8S/c1-30-6-4-10(17(28)29)19-14(25)11(8-22)20-15(26)12-3-2-5-21(12)16(27)9(18)7-13(23)24/h9-12,22H,2-8,18H2,1H3,(H,19,25)(H,20,26)(H,23,24)(H,28,29). The Hall–Kier alpha value is -2.38. The summed E-state index contributed by atoms with van der Waals surface area (Å²) in [7, 11) is 0. The summed E-state index contributed by atoms with van der Waals surface area (Å²) in [5.41, 5.74) is 5.59. The summed E-state index contributed by atoms with van der Waals surface area (Å²) < 4.78 is 0. The normalized spacial score (nSPS) is 18.9. The van der Waals surface area contributed by atoms with E-state index in [1.807, 2.05) is 0 Å². The molecule has 0 spiro atoms. The fraction of sp³-hybridized carbons (Fsp3) is 0.706. The van der Waals surface area contributed by atoms with E-state index in [4.69, 9.17) is 10.8 Å². The zero-order chi connectivity index (χ0) is 22.8. The summed E-state index contributed by atoms with van der Waals surface area (Å²) in [4.78, 5) is 60.5. The maximum Gasteiger partial charge on any atom is 0.326 e. The molecule has 0 radical (unpaired) electrons. The lowest BCUT2D eigenvalue weighted by Gasteiger charge is -2.28. The molecule has 7 N–H and O–H groups in total. The van der Waals surface area contributed by atoms with Crippen LogP contribution < -0.4 is 16.4 Å². The molecule has 0 aromatic heterocycles. The van der Waals surface area contributed by atoms with Gasteiger partial charge in [0.05, 0.1) is 19.1 Å². The summed E-state index contributed by atoms with van der Waals surface area (Å²) in [6.07, 6.45) is 2.13. The number of amides is 3. The number of hydrogen-bond donors (Lipinski definition) is 6. The van der Waals surface area contributed by atoms with Gasteiger partial charge in [0, 0.05) is 6.54 Å². The van der Waals surface area contributed by atoms with Crippen LogP contribution in [0.15, 0.2) is 0 Å². The lowest BCUT2D eigenvalue weighted by Crippen LogP contribution is -2.57. The number of nitrogens with two attached hydrogens (primary N) is 1. The highest BCUT2D eigenvalue weighted by Gasteiger charge is 2.38. The zero-order valence-electron chi connectivity index (χ0n) is 16.6. The molecule has 4 atom stereocenters. The lowest BCUT2D eigenvalue weighted by molar-refractivity contribution is -0.144. The Bertz CT molecular complexity index is 662. The van der Waals surface area contributed by atoms with Crippen molar-refractivity contribution in [2.45, 2.75) is 49.9 Å². The number of hydrogen-bond acceptors (Lipinski definition) is 8. The van der Waals surface area contributed by atoms with Crippen LogP contribution >= 0.6 is 11.8 Å². The highest BCUT2D eigenvalue weighted by atomic mass is 32.2. The van der Waals surface area contributed by atoms with Crippen molar-refractivity contribution in [2.24, 2.45) is 5.73 Å². The van der Waals surface area contributed by atoms with Gasteiger partial charge in [0.25, 0.3) is 0 Å². The number of aliphatic hydroxyl groups is 1. The number of carbonyl (C=O) groups excluding carboxylic acids is 3. The van der Waals surface area contributed by atoms with Crippen molar-refractivity contribution in [3.8, 4) is 0 Å². The molecule has 1 aliphatic heterocycles. The molecule has 0 bridgehead atoms. The Morgan fingerprint density at radius 1 is 1.17 bits per heavy atom. The predicted molar refractivity (Wildman–Crippen MR) is 107 cm³/mol. The molecule has 12 nitrogen and oxygen atoms in total. The van der Waals surface area contributed by atoms with Gasteiger partial charge in [-0.1, -0.05) is 0 Å². The molecule has 170 valence electrons. The fourth-order valence-corrected chi connectivity index (χ4v) is 3.49. The molecule has 0 saturated carbocycles. The molecule has 0 aromatic carbocycles. The van der Waals surface area contributed by atoms with Crippen molar-refractivity contribution < 1.29 is 39.3 Å². The Labute approximate surface area is 177 Å². The average Bonchev–Trinajstić information content (AvgIpc) is 3.17. The van der Waals surface area contributed by atoms with Gasteiger partial charge in [0.1, 0.15) is 18.1 Å².